The third-order valence-electron chi connectivity index (χ3n) is 3.93. The average Bonchev–Trinajstić information content (AvgIpc) is 2.77. The zero-order chi connectivity index (χ0) is 12.8. The van der Waals surface area contributed by atoms with Crippen LogP contribution in [0.25, 0.3) is 0 Å². The average molecular weight is 240 g/mol. The van der Waals surface area contributed by atoms with Crippen molar-refractivity contribution in [3.05, 3.63) is 0 Å². The van der Waals surface area contributed by atoms with E-state index in [-0.39, 0.29) is 5.92 Å². The Morgan fingerprint density at radius 1 is 1.35 bits per heavy atom. The molecule has 0 saturated heterocycles. The molecule has 0 aromatic rings. The van der Waals surface area contributed by atoms with Gasteiger partial charge in [0.15, 0.2) is 0 Å². The summed E-state index contributed by atoms with van der Waals surface area (Å²) in [5.41, 5.74) is 0. The van der Waals surface area contributed by atoms with Gasteiger partial charge in [-0.25, -0.2) is 0 Å². The molecule has 0 spiro atoms. The lowest BCUT2D eigenvalue weighted by molar-refractivity contribution is -0.136. The highest BCUT2D eigenvalue weighted by atomic mass is 16.2. The lowest BCUT2D eigenvalue weighted by Crippen LogP contribution is -2.41. The molecule has 0 bridgehead atoms. The number of hydrogen-bond acceptors (Lipinski definition) is 2. The predicted molar refractivity (Wildman–Crippen MR) is 71.8 cm³/mol. The molecule has 1 aliphatic carbocycles. The van der Waals surface area contributed by atoms with Gasteiger partial charge in [0, 0.05) is 20.1 Å². The molecule has 3 nitrogen and oxygen atoms in total. The summed E-state index contributed by atoms with van der Waals surface area (Å²) in [5, 5.41) is 3.13. The van der Waals surface area contributed by atoms with Crippen LogP contribution in [0.3, 0.4) is 0 Å². The van der Waals surface area contributed by atoms with Gasteiger partial charge in [-0.05, 0) is 31.7 Å². The molecular formula is C14H28N2O. The molecule has 100 valence electrons. The van der Waals surface area contributed by atoms with Crippen LogP contribution in [0.1, 0.15) is 39.5 Å². The zero-order valence-electron chi connectivity index (χ0n) is 11.8. The molecule has 1 N–H and O–H groups in total. The van der Waals surface area contributed by atoms with Gasteiger partial charge in [0.25, 0.3) is 0 Å². The summed E-state index contributed by atoms with van der Waals surface area (Å²) in [4.78, 5) is 14.3. The van der Waals surface area contributed by atoms with Gasteiger partial charge in [-0.1, -0.05) is 26.7 Å². The second-order valence-corrected chi connectivity index (χ2v) is 5.78. The van der Waals surface area contributed by atoms with E-state index >= 15 is 0 Å². The summed E-state index contributed by atoms with van der Waals surface area (Å²) in [6.45, 7) is 5.99. The van der Waals surface area contributed by atoms with E-state index in [4.69, 9.17) is 0 Å². The summed E-state index contributed by atoms with van der Waals surface area (Å²) >= 11 is 0. The van der Waals surface area contributed by atoms with Crippen LogP contribution in [0.2, 0.25) is 0 Å². The van der Waals surface area contributed by atoms with E-state index in [0.29, 0.717) is 11.8 Å². The van der Waals surface area contributed by atoms with Crippen LogP contribution in [-0.4, -0.2) is 38.0 Å². The minimum Gasteiger partial charge on any atom is -0.345 e. The van der Waals surface area contributed by atoms with E-state index in [1.807, 2.05) is 19.0 Å². The van der Waals surface area contributed by atoms with Crippen molar-refractivity contribution in [1.82, 2.24) is 10.2 Å². The first kappa shape index (κ1) is 14.5. The van der Waals surface area contributed by atoms with E-state index in [1.165, 1.54) is 25.7 Å². The minimum absolute atomic E-state index is 0.117. The fraction of sp³-hybridized carbons (Fsp3) is 0.929. The van der Waals surface area contributed by atoms with Crippen molar-refractivity contribution in [1.29, 1.82) is 0 Å². The van der Waals surface area contributed by atoms with E-state index in [1.54, 1.807) is 0 Å². The van der Waals surface area contributed by atoms with Gasteiger partial charge in [-0.15, -0.1) is 0 Å². The Labute approximate surface area is 106 Å². The monoisotopic (exact) mass is 240 g/mol. The van der Waals surface area contributed by atoms with Crippen LogP contribution in [0, 0.1) is 17.8 Å². The molecule has 0 aliphatic heterocycles. The van der Waals surface area contributed by atoms with Crippen molar-refractivity contribution in [3.8, 4) is 0 Å². The van der Waals surface area contributed by atoms with E-state index in [9.17, 15) is 4.79 Å². The lowest BCUT2D eigenvalue weighted by Gasteiger charge is -2.28. The van der Waals surface area contributed by atoms with Crippen molar-refractivity contribution < 1.29 is 4.79 Å². The molecule has 0 heterocycles. The molecule has 17 heavy (non-hydrogen) atoms. The van der Waals surface area contributed by atoms with Gasteiger partial charge in [0.05, 0.1) is 5.92 Å². The third-order valence-corrected chi connectivity index (χ3v) is 3.93. The Kier molecular flexibility index (Phi) is 5.96. The normalized spacial score (nSPS) is 18.6. The first-order valence-electron chi connectivity index (χ1n) is 6.95. The molecule has 1 amide bonds. The number of carbonyl (C=O) groups excluding carboxylic acids is 1. The summed E-state index contributed by atoms with van der Waals surface area (Å²) in [7, 11) is 3.88. The van der Waals surface area contributed by atoms with Crippen LogP contribution < -0.4 is 5.32 Å². The third kappa shape index (κ3) is 4.30. The standard InChI is InChI=1S/C14H28N2O/c1-11(2)13(9-15-3)14(17)16(4)10-12-7-5-6-8-12/h11-13,15H,5-10H2,1-4H3. The minimum atomic E-state index is 0.117. The number of amides is 1. The quantitative estimate of drug-likeness (QED) is 0.771. The number of carbonyl (C=O) groups is 1. The maximum atomic E-state index is 12.3. The fourth-order valence-electron chi connectivity index (χ4n) is 2.78. The molecule has 3 heteroatoms. The van der Waals surface area contributed by atoms with Crippen molar-refractivity contribution in [3.63, 3.8) is 0 Å². The predicted octanol–water partition coefficient (Wildman–Crippen LogP) is 2.13. The zero-order valence-corrected chi connectivity index (χ0v) is 11.8. The molecule has 1 unspecified atom stereocenters. The number of nitrogens with one attached hydrogen (secondary N) is 1. The van der Waals surface area contributed by atoms with E-state index in [0.717, 1.165) is 19.0 Å². The summed E-state index contributed by atoms with van der Waals surface area (Å²) in [5.74, 6) is 1.57. The van der Waals surface area contributed by atoms with Gasteiger partial charge in [0.2, 0.25) is 5.91 Å². The van der Waals surface area contributed by atoms with Crippen molar-refractivity contribution in [2.45, 2.75) is 39.5 Å². The highest BCUT2D eigenvalue weighted by Gasteiger charge is 2.26. The van der Waals surface area contributed by atoms with Gasteiger partial charge in [-0.3, -0.25) is 4.79 Å². The molecule has 0 aromatic carbocycles. The highest BCUT2D eigenvalue weighted by Crippen LogP contribution is 2.26. The molecule has 0 radical (unpaired) electrons. The van der Waals surface area contributed by atoms with Crippen LogP contribution >= 0.6 is 0 Å². The molecule has 1 rings (SSSR count). The number of rotatable bonds is 6. The smallest absolute Gasteiger partial charge is 0.226 e. The molecule has 1 fully saturated rings. The van der Waals surface area contributed by atoms with Gasteiger partial charge < -0.3 is 10.2 Å². The van der Waals surface area contributed by atoms with E-state index < -0.39 is 0 Å². The van der Waals surface area contributed by atoms with Crippen LogP contribution in [0.15, 0.2) is 0 Å². The van der Waals surface area contributed by atoms with Crippen LogP contribution in [-0.2, 0) is 4.79 Å². The Hall–Kier alpha value is -0.570. The largest absolute Gasteiger partial charge is 0.345 e. The summed E-state index contributed by atoms with van der Waals surface area (Å²) in [6.07, 6.45) is 5.29. The maximum Gasteiger partial charge on any atom is 0.226 e. The van der Waals surface area contributed by atoms with E-state index in [2.05, 4.69) is 19.2 Å². The first-order valence-corrected chi connectivity index (χ1v) is 6.95. The maximum absolute atomic E-state index is 12.3. The van der Waals surface area contributed by atoms with Crippen LogP contribution in [0.5, 0.6) is 0 Å². The number of hydrogen-bond donors (Lipinski definition) is 1. The first-order chi connectivity index (χ1) is 8.06. The SMILES string of the molecule is CNCC(C(=O)N(C)CC1CCCC1)C(C)C. The second kappa shape index (κ2) is 7.00. The topological polar surface area (TPSA) is 32.3 Å². The lowest BCUT2D eigenvalue weighted by atomic mass is 9.94. The molecule has 1 saturated carbocycles. The van der Waals surface area contributed by atoms with Crippen molar-refractivity contribution in [2.24, 2.45) is 17.8 Å². The Balaban J connectivity index is 2.47. The van der Waals surface area contributed by atoms with Crippen molar-refractivity contribution in [2.75, 3.05) is 27.2 Å². The Morgan fingerprint density at radius 3 is 2.41 bits per heavy atom. The summed E-state index contributed by atoms with van der Waals surface area (Å²) < 4.78 is 0. The second-order valence-electron chi connectivity index (χ2n) is 5.78. The van der Waals surface area contributed by atoms with Gasteiger partial charge in [0.1, 0.15) is 0 Å². The molecular weight excluding hydrogens is 212 g/mol. The van der Waals surface area contributed by atoms with Gasteiger partial charge in [-0.2, -0.15) is 0 Å². The van der Waals surface area contributed by atoms with Crippen molar-refractivity contribution >= 4 is 5.91 Å². The molecule has 1 atom stereocenters. The number of nitrogens with zero attached hydrogens (tertiary/aromatic N) is 1. The Bertz CT molecular complexity index is 234. The fourth-order valence-corrected chi connectivity index (χ4v) is 2.78. The summed E-state index contributed by atoms with van der Waals surface area (Å²) in [6, 6.07) is 0. The van der Waals surface area contributed by atoms with Crippen LogP contribution in [0.4, 0.5) is 0 Å². The molecule has 0 aromatic heterocycles. The molecule has 1 aliphatic rings. The Morgan fingerprint density at radius 2 is 1.94 bits per heavy atom. The van der Waals surface area contributed by atoms with Gasteiger partial charge >= 0.3 is 0 Å². The highest BCUT2D eigenvalue weighted by molar-refractivity contribution is 5.79.